The Morgan fingerprint density at radius 3 is 2.95 bits per heavy atom. The molecule has 1 saturated carbocycles. The van der Waals surface area contributed by atoms with Crippen LogP contribution in [0, 0.1) is 25.2 Å². The summed E-state index contributed by atoms with van der Waals surface area (Å²) in [5, 5.41) is 1.28. The molecule has 4 rings (SSSR count). The molecule has 1 aromatic carbocycles. The molecule has 1 aromatic heterocycles. The smallest absolute Gasteiger partial charge is 0.134 e. The number of piperidine rings is 1. The molecule has 0 N–H and O–H groups in total. The van der Waals surface area contributed by atoms with E-state index >= 15 is 0 Å². The second-order valence-electron chi connectivity index (χ2n) is 6.87. The molecule has 2 fully saturated rings. The first-order chi connectivity index (χ1) is 9.05. The third-order valence-electron chi connectivity index (χ3n) is 5.16. The molecule has 2 heteroatoms. The number of benzene rings is 1. The SMILES string of the molecule is Cc1ccc2oc(CN3CC4CC4(C)C3)c(C)c2c1. The van der Waals surface area contributed by atoms with Crippen LogP contribution in [0.25, 0.3) is 11.0 Å². The Bertz CT molecular complexity index is 657. The Labute approximate surface area is 114 Å². The molecular formula is C17H21NO. The lowest BCUT2D eigenvalue weighted by atomic mass is 10.1. The fraction of sp³-hybridized carbons (Fsp3) is 0.529. The molecule has 2 nitrogen and oxygen atoms in total. The van der Waals surface area contributed by atoms with Gasteiger partial charge < -0.3 is 4.42 Å². The van der Waals surface area contributed by atoms with Gasteiger partial charge in [0.05, 0.1) is 6.54 Å². The van der Waals surface area contributed by atoms with Gasteiger partial charge in [0.1, 0.15) is 11.3 Å². The highest BCUT2D eigenvalue weighted by molar-refractivity contribution is 5.82. The average molecular weight is 255 g/mol. The molecule has 2 unspecified atom stereocenters. The minimum atomic E-state index is 0.622. The molecule has 1 saturated heterocycles. The summed E-state index contributed by atoms with van der Waals surface area (Å²) in [5.74, 6) is 2.10. The van der Waals surface area contributed by atoms with E-state index < -0.39 is 0 Å². The zero-order valence-electron chi connectivity index (χ0n) is 12.0. The van der Waals surface area contributed by atoms with Crippen molar-refractivity contribution in [3.8, 4) is 0 Å². The van der Waals surface area contributed by atoms with Crippen molar-refractivity contribution in [1.29, 1.82) is 0 Å². The van der Waals surface area contributed by atoms with Crippen molar-refractivity contribution < 1.29 is 4.42 Å². The van der Waals surface area contributed by atoms with Crippen LogP contribution in [0.4, 0.5) is 0 Å². The van der Waals surface area contributed by atoms with Gasteiger partial charge in [-0.2, -0.15) is 0 Å². The maximum atomic E-state index is 6.06. The molecule has 2 aliphatic rings. The normalized spacial score (nSPS) is 29.9. The summed E-state index contributed by atoms with van der Waals surface area (Å²) in [6.07, 6.45) is 1.43. The van der Waals surface area contributed by atoms with E-state index in [1.165, 1.54) is 36.0 Å². The summed E-state index contributed by atoms with van der Waals surface area (Å²) >= 11 is 0. The highest BCUT2D eigenvalue weighted by Crippen LogP contribution is 2.57. The van der Waals surface area contributed by atoms with Gasteiger partial charge in [-0.3, -0.25) is 4.90 Å². The van der Waals surface area contributed by atoms with Crippen LogP contribution >= 0.6 is 0 Å². The summed E-state index contributed by atoms with van der Waals surface area (Å²) in [6, 6.07) is 6.46. The predicted molar refractivity (Wildman–Crippen MR) is 77.2 cm³/mol. The third-order valence-corrected chi connectivity index (χ3v) is 5.16. The fourth-order valence-corrected chi connectivity index (χ4v) is 3.73. The Balaban J connectivity index is 1.63. The molecule has 0 radical (unpaired) electrons. The first kappa shape index (κ1) is 11.5. The van der Waals surface area contributed by atoms with Gasteiger partial charge in [-0.1, -0.05) is 18.6 Å². The second-order valence-corrected chi connectivity index (χ2v) is 6.87. The Hall–Kier alpha value is -1.28. The van der Waals surface area contributed by atoms with Crippen molar-refractivity contribution in [3.63, 3.8) is 0 Å². The number of hydrogen-bond donors (Lipinski definition) is 0. The van der Waals surface area contributed by atoms with Crippen LogP contribution in [0.2, 0.25) is 0 Å². The van der Waals surface area contributed by atoms with E-state index in [4.69, 9.17) is 4.42 Å². The predicted octanol–water partition coefficient (Wildman–Crippen LogP) is 3.89. The van der Waals surface area contributed by atoms with E-state index in [2.05, 4.69) is 43.9 Å². The molecule has 1 aliphatic carbocycles. The number of rotatable bonds is 2. The van der Waals surface area contributed by atoms with Gasteiger partial charge in [-0.15, -0.1) is 0 Å². The van der Waals surface area contributed by atoms with Crippen molar-refractivity contribution >= 4 is 11.0 Å². The Morgan fingerprint density at radius 2 is 2.21 bits per heavy atom. The molecule has 100 valence electrons. The van der Waals surface area contributed by atoms with E-state index in [-0.39, 0.29) is 0 Å². The summed E-state index contributed by atoms with van der Waals surface area (Å²) in [6.45, 7) is 10.2. The quantitative estimate of drug-likeness (QED) is 0.809. The minimum Gasteiger partial charge on any atom is -0.459 e. The fourth-order valence-electron chi connectivity index (χ4n) is 3.73. The van der Waals surface area contributed by atoms with Crippen LogP contribution in [0.3, 0.4) is 0 Å². The lowest BCUT2D eigenvalue weighted by Gasteiger charge is -2.17. The molecule has 0 bridgehead atoms. The number of aryl methyl sites for hydroxylation is 2. The van der Waals surface area contributed by atoms with Crippen molar-refractivity contribution in [2.24, 2.45) is 11.3 Å². The highest BCUT2D eigenvalue weighted by Gasteiger charge is 2.55. The van der Waals surface area contributed by atoms with E-state index in [1.807, 2.05) is 0 Å². The standard InChI is InChI=1S/C17H21NO/c1-11-4-5-15-14(6-11)12(2)16(19-15)9-18-8-13-7-17(13,3)10-18/h4-6,13H,7-10H2,1-3H3. The van der Waals surface area contributed by atoms with E-state index in [1.54, 1.807) is 0 Å². The average Bonchev–Trinajstić information content (AvgIpc) is 2.72. The summed E-state index contributed by atoms with van der Waals surface area (Å²) in [7, 11) is 0. The number of nitrogens with zero attached hydrogens (tertiary/aromatic N) is 1. The van der Waals surface area contributed by atoms with Gasteiger partial charge in [0.25, 0.3) is 0 Å². The molecule has 2 heterocycles. The Morgan fingerprint density at radius 1 is 1.37 bits per heavy atom. The molecule has 1 aliphatic heterocycles. The van der Waals surface area contributed by atoms with E-state index in [0.717, 1.165) is 23.8 Å². The maximum absolute atomic E-state index is 6.06. The van der Waals surface area contributed by atoms with E-state index in [9.17, 15) is 0 Å². The lowest BCUT2D eigenvalue weighted by Crippen LogP contribution is -2.23. The van der Waals surface area contributed by atoms with Gasteiger partial charge in [0, 0.05) is 18.5 Å². The number of furan rings is 1. The lowest BCUT2D eigenvalue weighted by molar-refractivity contribution is 0.257. The molecule has 2 aromatic rings. The first-order valence-electron chi connectivity index (χ1n) is 7.26. The van der Waals surface area contributed by atoms with Crippen molar-refractivity contribution in [1.82, 2.24) is 4.90 Å². The van der Waals surface area contributed by atoms with Crippen LogP contribution in [-0.2, 0) is 6.54 Å². The zero-order valence-corrected chi connectivity index (χ0v) is 12.0. The maximum Gasteiger partial charge on any atom is 0.134 e. The van der Waals surface area contributed by atoms with Crippen LogP contribution in [0.1, 0.15) is 30.2 Å². The van der Waals surface area contributed by atoms with Crippen molar-refractivity contribution in [2.75, 3.05) is 13.1 Å². The first-order valence-corrected chi connectivity index (χ1v) is 7.26. The number of likely N-dealkylation sites (tertiary alicyclic amines) is 1. The summed E-state index contributed by atoms with van der Waals surface area (Å²) in [4.78, 5) is 2.56. The molecule has 2 atom stereocenters. The molecule has 0 spiro atoms. The molecule has 0 amide bonds. The minimum absolute atomic E-state index is 0.622. The van der Waals surface area contributed by atoms with Gasteiger partial charge in [0.15, 0.2) is 0 Å². The van der Waals surface area contributed by atoms with E-state index in [0.29, 0.717) is 5.41 Å². The van der Waals surface area contributed by atoms with Crippen LogP contribution in [0.5, 0.6) is 0 Å². The van der Waals surface area contributed by atoms with Gasteiger partial charge in [0.2, 0.25) is 0 Å². The number of hydrogen-bond acceptors (Lipinski definition) is 2. The van der Waals surface area contributed by atoms with Crippen LogP contribution in [-0.4, -0.2) is 18.0 Å². The van der Waals surface area contributed by atoms with Gasteiger partial charge in [-0.25, -0.2) is 0 Å². The number of fused-ring (bicyclic) bond motifs is 2. The zero-order chi connectivity index (χ0) is 13.2. The second kappa shape index (κ2) is 3.63. The monoisotopic (exact) mass is 255 g/mol. The molecule has 19 heavy (non-hydrogen) atoms. The third kappa shape index (κ3) is 1.73. The van der Waals surface area contributed by atoms with Crippen LogP contribution in [0.15, 0.2) is 22.6 Å². The van der Waals surface area contributed by atoms with Crippen molar-refractivity contribution in [2.45, 2.75) is 33.7 Å². The Kier molecular flexibility index (Phi) is 2.21. The van der Waals surface area contributed by atoms with Crippen LogP contribution < -0.4 is 0 Å². The largest absolute Gasteiger partial charge is 0.459 e. The topological polar surface area (TPSA) is 16.4 Å². The highest BCUT2D eigenvalue weighted by atomic mass is 16.3. The van der Waals surface area contributed by atoms with Gasteiger partial charge in [-0.05, 0) is 49.3 Å². The molecular weight excluding hydrogens is 234 g/mol. The summed E-state index contributed by atoms with van der Waals surface area (Å²) < 4.78 is 6.06. The van der Waals surface area contributed by atoms with Gasteiger partial charge >= 0.3 is 0 Å². The summed E-state index contributed by atoms with van der Waals surface area (Å²) in [5.41, 5.74) is 4.28. The van der Waals surface area contributed by atoms with Crippen molar-refractivity contribution in [3.05, 3.63) is 35.1 Å².